The third-order valence-electron chi connectivity index (χ3n) is 2.79. The van der Waals surface area contributed by atoms with E-state index in [-0.39, 0.29) is 5.91 Å². The van der Waals surface area contributed by atoms with Crippen LogP contribution < -0.4 is 10.1 Å². The SMILES string of the molecule is CC(Oc1ccc(Br)c(C=O)c1)C(=O)NCc1ccco1. The van der Waals surface area contributed by atoms with E-state index in [0.29, 0.717) is 28.1 Å². The molecule has 2 rings (SSSR count). The van der Waals surface area contributed by atoms with Gasteiger partial charge in [-0.2, -0.15) is 0 Å². The standard InChI is InChI=1S/C15H14BrNO4/c1-10(15(19)17-8-13-3-2-6-20-13)21-12-4-5-14(16)11(7-12)9-18/h2-7,9-10H,8H2,1H3,(H,17,19). The van der Waals surface area contributed by atoms with Gasteiger partial charge in [0.1, 0.15) is 11.5 Å². The molecule has 0 aliphatic carbocycles. The number of benzene rings is 1. The monoisotopic (exact) mass is 351 g/mol. The first kappa shape index (κ1) is 15.3. The van der Waals surface area contributed by atoms with Crippen molar-refractivity contribution in [3.05, 3.63) is 52.4 Å². The topological polar surface area (TPSA) is 68.5 Å². The summed E-state index contributed by atoms with van der Waals surface area (Å²) in [5.41, 5.74) is 0.468. The van der Waals surface area contributed by atoms with Crippen molar-refractivity contribution >= 4 is 28.1 Å². The number of rotatable bonds is 6. The van der Waals surface area contributed by atoms with E-state index < -0.39 is 6.10 Å². The Morgan fingerprint density at radius 3 is 2.95 bits per heavy atom. The second kappa shape index (κ2) is 7.08. The summed E-state index contributed by atoms with van der Waals surface area (Å²) in [6.07, 6.45) is 1.59. The van der Waals surface area contributed by atoms with Crippen LogP contribution >= 0.6 is 15.9 Å². The third-order valence-corrected chi connectivity index (χ3v) is 3.52. The summed E-state index contributed by atoms with van der Waals surface area (Å²) in [7, 11) is 0. The van der Waals surface area contributed by atoms with Gasteiger partial charge in [0.05, 0.1) is 12.8 Å². The van der Waals surface area contributed by atoms with Gasteiger partial charge < -0.3 is 14.5 Å². The Bertz CT molecular complexity index is 625. The van der Waals surface area contributed by atoms with Crippen molar-refractivity contribution < 1.29 is 18.7 Å². The van der Waals surface area contributed by atoms with Crippen molar-refractivity contribution in [1.82, 2.24) is 5.32 Å². The summed E-state index contributed by atoms with van der Waals surface area (Å²) in [5.74, 6) is 0.866. The molecule has 1 heterocycles. The molecule has 0 saturated carbocycles. The van der Waals surface area contributed by atoms with Crippen LogP contribution in [0.4, 0.5) is 0 Å². The average Bonchev–Trinajstić information content (AvgIpc) is 3.00. The van der Waals surface area contributed by atoms with Gasteiger partial charge in [0.15, 0.2) is 12.4 Å². The predicted octanol–water partition coefficient (Wildman–Crippen LogP) is 2.94. The average molecular weight is 352 g/mol. The van der Waals surface area contributed by atoms with Crippen molar-refractivity contribution in [1.29, 1.82) is 0 Å². The molecule has 1 aromatic heterocycles. The summed E-state index contributed by atoms with van der Waals surface area (Å²) >= 11 is 3.26. The van der Waals surface area contributed by atoms with Gasteiger partial charge in [-0.25, -0.2) is 0 Å². The molecular weight excluding hydrogens is 338 g/mol. The first-order valence-electron chi connectivity index (χ1n) is 6.31. The number of carbonyl (C=O) groups excluding carboxylic acids is 2. The minimum Gasteiger partial charge on any atom is -0.481 e. The number of aldehydes is 1. The van der Waals surface area contributed by atoms with Crippen molar-refractivity contribution in [2.75, 3.05) is 0 Å². The number of amides is 1. The van der Waals surface area contributed by atoms with Gasteiger partial charge in [-0.1, -0.05) is 15.9 Å². The largest absolute Gasteiger partial charge is 0.481 e. The molecule has 21 heavy (non-hydrogen) atoms. The minimum atomic E-state index is -0.680. The lowest BCUT2D eigenvalue weighted by Crippen LogP contribution is -2.35. The Hall–Kier alpha value is -2.08. The Kier molecular flexibility index (Phi) is 5.16. The molecule has 0 saturated heterocycles. The summed E-state index contributed by atoms with van der Waals surface area (Å²) in [4.78, 5) is 22.8. The molecule has 1 unspecified atom stereocenters. The second-order valence-electron chi connectivity index (χ2n) is 4.36. The molecule has 0 spiro atoms. The van der Waals surface area contributed by atoms with Crippen LogP contribution in [0.2, 0.25) is 0 Å². The Morgan fingerprint density at radius 2 is 2.29 bits per heavy atom. The van der Waals surface area contributed by atoms with Gasteiger partial charge in [-0.05, 0) is 37.3 Å². The van der Waals surface area contributed by atoms with Gasteiger partial charge in [-0.3, -0.25) is 9.59 Å². The number of hydrogen-bond donors (Lipinski definition) is 1. The third kappa shape index (κ3) is 4.19. The number of carbonyl (C=O) groups is 2. The highest BCUT2D eigenvalue weighted by Crippen LogP contribution is 2.22. The highest BCUT2D eigenvalue weighted by molar-refractivity contribution is 9.10. The molecule has 0 fully saturated rings. The molecule has 5 nitrogen and oxygen atoms in total. The normalized spacial score (nSPS) is 11.7. The summed E-state index contributed by atoms with van der Waals surface area (Å²) < 4.78 is 11.3. The van der Waals surface area contributed by atoms with E-state index in [1.165, 1.54) is 0 Å². The van der Waals surface area contributed by atoms with Crippen LogP contribution in [0, 0.1) is 0 Å². The molecule has 2 aromatic rings. The fraction of sp³-hybridized carbons (Fsp3) is 0.200. The van der Waals surface area contributed by atoms with Crippen LogP contribution in [-0.4, -0.2) is 18.3 Å². The summed E-state index contributed by atoms with van der Waals surface area (Å²) in [5, 5.41) is 2.71. The first-order chi connectivity index (χ1) is 10.1. The highest BCUT2D eigenvalue weighted by Gasteiger charge is 2.15. The quantitative estimate of drug-likeness (QED) is 0.812. The molecule has 110 valence electrons. The molecule has 0 aliphatic heterocycles. The molecule has 0 radical (unpaired) electrons. The van der Waals surface area contributed by atoms with Gasteiger partial charge in [-0.15, -0.1) is 0 Å². The lowest BCUT2D eigenvalue weighted by atomic mass is 10.2. The number of hydrogen-bond acceptors (Lipinski definition) is 4. The highest BCUT2D eigenvalue weighted by atomic mass is 79.9. The molecule has 1 atom stereocenters. The minimum absolute atomic E-state index is 0.262. The van der Waals surface area contributed by atoms with Crippen molar-refractivity contribution in [2.24, 2.45) is 0 Å². The molecule has 6 heteroatoms. The first-order valence-corrected chi connectivity index (χ1v) is 7.11. The van der Waals surface area contributed by atoms with Crippen LogP contribution in [0.15, 0.2) is 45.5 Å². The lowest BCUT2D eigenvalue weighted by Gasteiger charge is -2.14. The van der Waals surface area contributed by atoms with Gasteiger partial charge >= 0.3 is 0 Å². The Balaban J connectivity index is 1.92. The smallest absolute Gasteiger partial charge is 0.261 e. The summed E-state index contributed by atoms with van der Waals surface area (Å²) in [6.45, 7) is 1.94. The number of halogens is 1. The van der Waals surface area contributed by atoms with Crippen molar-refractivity contribution in [3.63, 3.8) is 0 Å². The maximum atomic E-state index is 11.9. The zero-order chi connectivity index (χ0) is 15.2. The van der Waals surface area contributed by atoms with Crippen LogP contribution in [0.3, 0.4) is 0 Å². The Labute approximate surface area is 130 Å². The van der Waals surface area contributed by atoms with E-state index in [0.717, 1.165) is 6.29 Å². The molecule has 1 aromatic carbocycles. The van der Waals surface area contributed by atoms with E-state index in [1.54, 1.807) is 43.5 Å². The van der Waals surface area contributed by atoms with E-state index in [2.05, 4.69) is 21.2 Å². The molecule has 0 aliphatic rings. The van der Waals surface area contributed by atoms with Crippen LogP contribution in [-0.2, 0) is 11.3 Å². The second-order valence-corrected chi connectivity index (χ2v) is 5.21. The predicted molar refractivity (Wildman–Crippen MR) is 80.2 cm³/mol. The van der Waals surface area contributed by atoms with E-state index in [4.69, 9.17) is 9.15 Å². The number of nitrogens with one attached hydrogen (secondary N) is 1. The van der Waals surface area contributed by atoms with Gasteiger partial charge in [0, 0.05) is 10.0 Å². The zero-order valence-electron chi connectivity index (χ0n) is 11.3. The van der Waals surface area contributed by atoms with Crippen LogP contribution in [0.5, 0.6) is 5.75 Å². The van der Waals surface area contributed by atoms with Gasteiger partial charge in [0.2, 0.25) is 0 Å². The molecule has 0 bridgehead atoms. The van der Waals surface area contributed by atoms with Crippen LogP contribution in [0.25, 0.3) is 0 Å². The van der Waals surface area contributed by atoms with E-state index >= 15 is 0 Å². The fourth-order valence-electron chi connectivity index (χ4n) is 1.67. The fourth-order valence-corrected chi connectivity index (χ4v) is 2.01. The molecule has 1 N–H and O–H groups in total. The van der Waals surface area contributed by atoms with Gasteiger partial charge in [0.25, 0.3) is 5.91 Å². The molecule has 1 amide bonds. The van der Waals surface area contributed by atoms with E-state index in [9.17, 15) is 9.59 Å². The van der Waals surface area contributed by atoms with Crippen molar-refractivity contribution in [2.45, 2.75) is 19.6 Å². The zero-order valence-corrected chi connectivity index (χ0v) is 12.9. The van der Waals surface area contributed by atoms with Crippen LogP contribution in [0.1, 0.15) is 23.0 Å². The number of ether oxygens (including phenoxy) is 1. The Morgan fingerprint density at radius 1 is 1.48 bits per heavy atom. The molecular formula is C15H14BrNO4. The summed E-state index contributed by atoms with van der Waals surface area (Å²) in [6, 6.07) is 8.49. The maximum absolute atomic E-state index is 11.9. The lowest BCUT2D eigenvalue weighted by molar-refractivity contribution is -0.127. The number of furan rings is 1. The maximum Gasteiger partial charge on any atom is 0.261 e. The van der Waals surface area contributed by atoms with Crippen molar-refractivity contribution in [3.8, 4) is 5.75 Å². The van der Waals surface area contributed by atoms with E-state index in [1.807, 2.05) is 0 Å².